The van der Waals surface area contributed by atoms with Gasteiger partial charge in [0.2, 0.25) is 0 Å². The molecule has 5 heteroatoms. The second kappa shape index (κ2) is 7.36. The van der Waals surface area contributed by atoms with Crippen molar-refractivity contribution in [1.82, 2.24) is 10.2 Å². The van der Waals surface area contributed by atoms with E-state index < -0.39 is 6.10 Å². The van der Waals surface area contributed by atoms with Crippen molar-refractivity contribution in [2.45, 2.75) is 12.2 Å². The maximum absolute atomic E-state index is 10.1. The third kappa shape index (κ3) is 4.85. The summed E-state index contributed by atoms with van der Waals surface area (Å²) in [6.07, 6.45) is -0.259. The quantitative estimate of drug-likeness (QED) is 0.857. The lowest BCUT2D eigenvalue weighted by molar-refractivity contribution is -0.0191. The average Bonchev–Trinajstić information content (AvgIpc) is 2.39. The van der Waals surface area contributed by atoms with Gasteiger partial charge in [-0.1, -0.05) is 28.1 Å². The molecule has 0 aromatic heterocycles. The van der Waals surface area contributed by atoms with Crippen LogP contribution in [0.5, 0.6) is 0 Å². The van der Waals surface area contributed by atoms with Gasteiger partial charge in [-0.3, -0.25) is 0 Å². The SMILES string of the molecule is CN1CCOC(CNCC(O)c2ccc(Br)cc2)C1. The summed E-state index contributed by atoms with van der Waals surface area (Å²) in [6, 6.07) is 7.75. The van der Waals surface area contributed by atoms with Crippen molar-refractivity contribution in [3.63, 3.8) is 0 Å². The highest BCUT2D eigenvalue weighted by Crippen LogP contribution is 2.16. The highest BCUT2D eigenvalue weighted by atomic mass is 79.9. The molecule has 19 heavy (non-hydrogen) atoms. The number of morpholine rings is 1. The predicted octanol–water partition coefficient (Wildman–Crippen LogP) is 1.40. The Morgan fingerprint density at radius 3 is 2.89 bits per heavy atom. The molecule has 2 atom stereocenters. The lowest BCUT2D eigenvalue weighted by Gasteiger charge is -2.30. The molecule has 2 N–H and O–H groups in total. The first-order valence-corrected chi connectivity index (χ1v) is 7.39. The van der Waals surface area contributed by atoms with Crippen LogP contribution < -0.4 is 5.32 Å². The summed E-state index contributed by atoms with van der Waals surface area (Å²) in [5.74, 6) is 0. The van der Waals surface area contributed by atoms with Crippen LogP contribution in [0.1, 0.15) is 11.7 Å². The molecule has 2 unspecified atom stereocenters. The fourth-order valence-electron chi connectivity index (χ4n) is 2.17. The zero-order valence-corrected chi connectivity index (χ0v) is 12.8. The number of rotatable bonds is 5. The van der Waals surface area contributed by atoms with E-state index in [0.29, 0.717) is 6.54 Å². The molecule has 0 aliphatic carbocycles. The topological polar surface area (TPSA) is 44.7 Å². The zero-order valence-electron chi connectivity index (χ0n) is 11.2. The van der Waals surface area contributed by atoms with Crippen LogP contribution in [0.4, 0.5) is 0 Å². The van der Waals surface area contributed by atoms with Gasteiger partial charge in [0, 0.05) is 30.7 Å². The molecular formula is C14H21BrN2O2. The summed E-state index contributed by atoms with van der Waals surface area (Å²) in [5, 5.41) is 13.3. The van der Waals surface area contributed by atoms with E-state index >= 15 is 0 Å². The Hall–Kier alpha value is -0.460. The molecule has 1 aromatic carbocycles. The number of hydrogen-bond acceptors (Lipinski definition) is 4. The summed E-state index contributed by atoms with van der Waals surface area (Å²) in [4.78, 5) is 2.26. The Morgan fingerprint density at radius 1 is 1.47 bits per heavy atom. The van der Waals surface area contributed by atoms with Crippen molar-refractivity contribution in [1.29, 1.82) is 0 Å². The second-order valence-corrected chi connectivity index (χ2v) is 5.90. The maximum Gasteiger partial charge on any atom is 0.0914 e. The van der Waals surface area contributed by atoms with Crippen LogP contribution in [0, 0.1) is 0 Å². The third-order valence-electron chi connectivity index (χ3n) is 3.31. The van der Waals surface area contributed by atoms with Crippen LogP contribution in [-0.2, 0) is 4.74 Å². The Kier molecular flexibility index (Phi) is 5.78. The number of nitrogens with one attached hydrogen (secondary N) is 1. The molecule has 106 valence electrons. The van der Waals surface area contributed by atoms with E-state index in [4.69, 9.17) is 4.74 Å². The van der Waals surface area contributed by atoms with E-state index in [-0.39, 0.29) is 6.10 Å². The maximum atomic E-state index is 10.1. The van der Waals surface area contributed by atoms with Crippen LogP contribution in [0.2, 0.25) is 0 Å². The lowest BCUT2D eigenvalue weighted by atomic mass is 10.1. The molecule has 4 nitrogen and oxygen atoms in total. The highest BCUT2D eigenvalue weighted by Gasteiger charge is 2.17. The first-order chi connectivity index (χ1) is 9.15. The number of hydrogen-bond donors (Lipinski definition) is 2. The van der Waals surface area contributed by atoms with E-state index in [0.717, 1.165) is 36.3 Å². The molecule has 0 spiro atoms. The molecule has 0 bridgehead atoms. The zero-order chi connectivity index (χ0) is 13.7. The molecule has 0 saturated carbocycles. The van der Waals surface area contributed by atoms with E-state index in [1.54, 1.807) is 0 Å². The van der Waals surface area contributed by atoms with Crippen molar-refractivity contribution >= 4 is 15.9 Å². The Bertz CT molecular complexity index is 386. The van der Waals surface area contributed by atoms with Crippen molar-refractivity contribution in [2.24, 2.45) is 0 Å². The van der Waals surface area contributed by atoms with Gasteiger partial charge < -0.3 is 20.1 Å². The van der Waals surface area contributed by atoms with E-state index in [1.807, 2.05) is 24.3 Å². The van der Waals surface area contributed by atoms with Gasteiger partial charge in [-0.15, -0.1) is 0 Å². The lowest BCUT2D eigenvalue weighted by Crippen LogP contribution is -2.45. The van der Waals surface area contributed by atoms with Crippen molar-refractivity contribution in [2.75, 3.05) is 39.8 Å². The van der Waals surface area contributed by atoms with E-state index in [9.17, 15) is 5.11 Å². The van der Waals surface area contributed by atoms with Gasteiger partial charge in [0.15, 0.2) is 0 Å². The van der Waals surface area contributed by atoms with Crippen molar-refractivity contribution < 1.29 is 9.84 Å². The number of aliphatic hydroxyl groups excluding tert-OH is 1. The molecule has 1 aromatic rings. The van der Waals surface area contributed by atoms with Gasteiger partial charge in [0.05, 0.1) is 18.8 Å². The standard InChI is InChI=1S/C14H21BrN2O2/c1-17-6-7-19-13(10-17)8-16-9-14(18)11-2-4-12(15)5-3-11/h2-5,13-14,16,18H,6-10H2,1H3. The number of ether oxygens (including phenoxy) is 1. The molecule has 1 saturated heterocycles. The smallest absolute Gasteiger partial charge is 0.0914 e. The fraction of sp³-hybridized carbons (Fsp3) is 0.571. The first kappa shape index (κ1) is 14.9. The largest absolute Gasteiger partial charge is 0.387 e. The van der Waals surface area contributed by atoms with Crippen LogP contribution >= 0.6 is 15.9 Å². The van der Waals surface area contributed by atoms with Crippen LogP contribution in [-0.4, -0.2) is 55.9 Å². The van der Waals surface area contributed by atoms with Gasteiger partial charge in [-0.2, -0.15) is 0 Å². The average molecular weight is 329 g/mol. The minimum absolute atomic E-state index is 0.218. The summed E-state index contributed by atoms with van der Waals surface area (Å²) >= 11 is 3.39. The van der Waals surface area contributed by atoms with Gasteiger partial charge >= 0.3 is 0 Å². The summed E-state index contributed by atoms with van der Waals surface area (Å²) in [5.41, 5.74) is 0.928. The van der Waals surface area contributed by atoms with Crippen LogP contribution in [0.25, 0.3) is 0 Å². The summed E-state index contributed by atoms with van der Waals surface area (Å²) < 4.78 is 6.68. The Labute approximate surface area is 122 Å². The van der Waals surface area contributed by atoms with Crippen LogP contribution in [0.3, 0.4) is 0 Å². The Morgan fingerprint density at radius 2 is 2.21 bits per heavy atom. The molecule has 0 radical (unpaired) electrons. The monoisotopic (exact) mass is 328 g/mol. The van der Waals surface area contributed by atoms with E-state index in [1.165, 1.54) is 0 Å². The minimum Gasteiger partial charge on any atom is -0.387 e. The van der Waals surface area contributed by atoms with Gasteiger partial charge in [-0.25, -0.2) is 0 Å². The van der Waals surface area contributed by atoms with Gasteiger partial charge in [0.1, 0.15) is 0 Å². The third-order valence-corrected chi connectivity index (χ3v) is 3.84. The molecule has 2 rings (SSSR count). The number of halogens is 1. The van der Waals surface area contributed by atoms with Crippen molar-refractivity contribution in [3.8, 4) is 0 Å². The molecule has 1 heterocycles. The number of nitrogens with zero attached hydrogens (tertiary/aromatic N) is 1. The van der Waals surface area contributed by atoms with Crippen molar-refractivity contribution in [3.05, 3.63) is 34.3 Å². The fourth-order valence-corrected chi connectivity index (χ4v) is 2.44. The minimum atomic E-state index is -0.477. The predicted molar refractivity (Wildman–Crippen MR) is 79.2 cm³/mol. The molecule has 1 fully saturated rings. The second-order valence-electron chi connectivity index (χ2n) is 4.98. The summed E-state index contributed by atoms with van der Waals surface area (Å²) in [7, 11) is 2.10. The molecule has 1 aliphatic rings. The Balaban J connectivity index is 1.71. The number of aliphatic hydroxyl groups is 1. The normalized spacial score (nSPS) is 22.4. The number of benzene rings is 1. The summed E-state index contributed by atoms with van der Waals surface area (Å²) in [6.45, 7) is 4.06. The molecule has 0 amide bonds. The van der Waals surface area contributed by atoms with Gasteiger partial charge in [-0.05, 0) is 24.7 Å². The van der Waals surface area contributed by atoms with Crippen LogP contribution in [0.15, 0.2) is 28.7 Å². The number of likely N-dealkylation sites (N-methyl/N-ethyl adjacent to an activating group) is 1. The highest BCUT2D eigenvalue weighted by molar-refractivity contribution is 9.10. The molecule has 1 aliphatic heterocycles. The van der Waals surface area contributed by atoms with E-state index in [2.05, 4.69) is 33.2 Å². The molecular weight excluding hydrogens is 308 g/mol. The first-order valence-electron chi connectivity index (χ1n) is 6.59. The van der Waals surface area contributed by atoms with Gasteiger partial charge in [0.25, 0.3) is 0 Å².